The molecule has 5 heteroatoms. The molecule has 0 bridgehead atoms. The number of hydrogen-bond donors (Lipinski definition) is 2. The smallest absolute Gasteiger partial charge is 0.240 e. The third-order valence-corrected chi connectivity index (χ3v) is 6.01. The fourth-order valence-electron chi connectivity index (χ4n) is 3.32. The first-order chi connectivity index (χ1) is 11.0. The molecule has 1 aromatic carbocycles. The molecule has 0 radical (unpaired) electrons. The summed E-state index contributed by atoms with van der Waals surface area (Å²) in [5, 5.41) is 0. The van der Waals surface area contributed by atoms with Crippen molar-refractivity contribution >= 4 is 10.0 Å². The number of nitrogens with two attached hydrogens (primary N) is 1. The molecule has 0 aromatic heterocycles. The van der Waals surface area contributed by atoms with Gasteiger partial charge in [0.05, 0.1) is 4.90 Å². The zero-order valence-electron chi connectivity index (χ0n) is 14.3. The van der Waals surface area contributed by atoms with Gasteiger partial charge in [-0.3, -0.25) is 0 Å². The molecule has 0 heterocycles. The van der Waals surface area contributed by atoms with E-state index in [2.05, 4.69) is 24.6 Å². The van der Waals surface area contributed by atoms with Crippen LogP contribution in [0.4, 0.5) is 0 Å². The van der Waals surface area contributed by atoms with Gasteiger partial charge in [-0.05, 0) is 48.9 Å². The van der Waals surface area contributed by atoms with E-state index in [-0.39, 0.29) is 12.1 Å². The fourth-order valence-corrected chi connectivity index (χ4v) is 4.76. The molecular weight excluding hydrogens is 308 g/mol. The van der Waals surface area contributed by atoms with Gasteiger partial charge in [0.1, 0.15) is 0 Å². The zero-order valence-corrected chi connectivity index (χ0v) is 15.2. The Balaban J connectivity index is 2.26. The number of rotatable bonds is 7. The molecule has 1 aromatic rings. The number of nitrogens with one attached hydrogen (secondary N) is 1. The Hall–Kier alpha value is -0.910. The monoisotopic (exact) mass is 338 g/mol. The van der Waals surface area contributed by atoms with Crippen molar-refractivity contribution in [1.29, 1.82) is 0 Å². The summed E-state index contributed by atoms with van der Waals surface area (Å²) in [6, 6.07) is 5.56. The molecule has 2 atom stereocenters. The van der Waals surface area contributed by atoms with Gasteiger partial charge >= 0.3 is 0 Å². The third-order valence-electron chi connectivity index (χ3n) is 4.54. The first kappa shape index (κ1) is 18.4. The van der Waals surface area contributed by atoms with E-state index in [4.69, 9.17) is 5.73 Å². The normalized spacial score (nSPS) is 22.2. The Bertz CT molecular complexity index is 589. The maximum Gasteiger partial charge on any atom is 0.240 e. The maximum absolute atomic E-state index is 12.8. The minimum Gasteiger partial charge on any atom is -0.326 e. The van der Waals surface area contributed by atoms with E-state index in [1.165, 1.54) is 0 Å². The molecule has 2 rings (SSSR count). The van der Waals surface area contributed by atoms with E-state index in [1.54, 1.807) is 0 Å². The molecular formula is C18H30N2O2S. The highest BCUT2D eigenvalue weighted by molar-refractivity contribution is 7.89. The van der Waals surface area contributed by atoms with Crippen LogP contribution in [0.3, 0.4) is 0 Å². The van der Waals surface area contributed by atoms with Crippen LogP contribution in [0.1, 0.15) is 63.5 Å². The topological polar surface area (TPSA) is 72.2 Å². The fraction of sp³-hybridized carbons (Fsp3) is 0.667. The third kappa shape index (κ3) is 5.03. The van der Waals surface area contributed by atoms with Crippen LogP contribution >= 0.6 is 0 Å². The van der Waals surface area contributed by atoms with Gasteiger partial charge in [0.15, 0.2) is 0 Å². The van der Waals surface area contributed by atoms with E-state index in [1.807, 2.05) is 12.1 Å². The second-order valence-electron chi connectivity index (χ2n) is 6.66. The Morgan fingerprint density at radius 1 is 1.04 bits per heavy atom. The molecule has 1 saturated carbocycles. The highest BCUT2D eigenvalue weighted by Gasteiger charge is 2.27. The molecule has 0 saturated heterocycles. The van der Waals surface area contributed by atoms with Crippen LogP contribution in [0.2, 0.25) is 0 Å². The SMILES string of the molecule is CCCc1cc(CCC)cc(S(=O)(=O)NC2CCCCC2N)c1. The van der Waals surface area contributed by atoms with E-state index < -0.39 is 10.0 Å². The standard InChI is InChI=1S/C18H30N2O2S/c1-3-7-14-11-15(8-4-2)13-16(12-14)23(21,22)20-18-10-6-5-9-17(18)19/h11-13,17-18,20H,3-10,19H2,1-2H3. The summed E-state index contributed by atoms with van der Waals surface area (Å²) in [5.41, 5.74) is 8.30. The van der Waals surface area contributed by atoms with Crippen molar-refractivity contribution < 1.29 is 8.42 Å². The number of aryl methyl sites for hydroxylation is 2. The summed E-state index contributed by atoms with van der Waals surface area (Å²) in [4.78, 5) is 0.393. The van der Waals surface area contributed by atoms with Crippen molar-refractivity contribution in [3.63, 3.8) is 0 Å². The minimum atomic E-state index is -3.50. The number of benzene rings is 1. The molecule has 1 fully saturated rings. The molecule has 0 spiro atoms. The van der Waals surface area contributed by atoms with Gasteiger partial charge in [-0.1, -0.05) is 45.6 Å². The predicted octanol–water partition coefficient (Wildman–Crippen LogP) is 3.14. The molecule has 0 amide bonds. The van der Waals surface area contributed by atoms with Gasteiger partial charge < -0.3 is 5.73 Å². The van der Waals surface area contributed by atoms with Crippen molar-refractivity contribution in [3.05, 3.63) is 29.3 Å². The zero-order chi connectivity index (χ0) is 16.9. The van der Waals surface area contributed by atoms with Crippen LogP contribution in [0.25, 0.3) is 0 Å². The average Bonchev–Trinajstić information content (AvgIpc) is 2.50. The van der Waals surface area contributed by atoms with Gasteiger partial charge in [-0.15, -0.1) is 0 Å². The lowest BCUT2D eigenvalue weighted by atomic mass is 9.92. The van der Waals surface area contributed by atoms with Gasteiger partial charge in [0, 0.05) is 12.1 Å². The van der Waals surface area contributed by atoms with Crippen LogP contribution in [0.15, 0.2) is 23.1 Å². The highest BCUT2D eigenvalue weighted by Crippen LogP contribution is 2.22. The molecule has 4 nitrogen and oxygen atoms in total. The minimum absolute atomic E-state index is 0.0764. The summed E-state index contributed by atoms with van der Waals surface area (Å²) >= 11 is 0. The Morgan fingerprint density at radius 3 is 2.13 bits per heavy atom. The van der Waals surface area contributed by atoms with Crippen molar-refractivity contribution in [2.75, 3.05) is 0 Å². The quantitative estimate of drug-likeness (QED) is 0.802. The molecule has 23 heavy (non-hydrogen) atoms. The van der Waals surface area contributed by atoms with Crippen LogP contribution in [-0.4, -0.2) is 20.5 Å². The molecule has 1 aliphatic rings. The number of hydrogen-bond acceptors (Lipinski definition) is 3. The lowest BCUT2D eigenvalue weighted by Crippen LogP contribution is -2.49. The van der Waals surface area contributed by atoms with Crippen LogP contribution in [0.5, 0.6) is 0 Å². The lowest BCUT2D eigenvalue weighted by molar-refractivity contribution is 0.361. The Morgan fingerprint density at radius 2 is 1.61 bits per heavy atom. The van der Waals surface area contributed by atoms with Crippen molar-refractivity contribution in [3.8, 4) is 0 Å². The van der Waals surface area contributed by atoms with Crippen LogP contribution in [0, 0.1) is 0 Å². The van der Waals surface area contributed by atoms with Gasteiger partial charge in [0.25, 0.3) is 0 Å². The van der Waals surface area contributed by atoms with Crippen molar-refractivity contribution in [2.24, 2.45) is 5.73 Å². The van der Waals surface area contributed by atoms with Crippen molar-refractivity contribution in [2.45, 2.75) is 82.2 Å². The van der Waals surface area contributed by atoms with E-state index in [0.717, 1.165) is 62.5 Å². The molecule has 2 unspecified atom stereocenters. The van der Waals surface area contributed by atoms with Gasteiger partial charge in [-0.2, -0.15) is 0 Å². The average molecular weight is 339 g/mol. The number of sulfonamides is 1. The van der Waals surface area contributed by atoms with E-state index in [9.17, 15) is 8.42 Å². The van der Waals surface area contributed by atoms with Gasteiger partial charge in [-0.25, -0.2) is 13.1 Å². The summed E-state index contributed by atoms with van der Waals surface area (Å²) in [6.07, 6.45) is 7.68. The Labute approximate surface area is 140 Å². The predicted molar refractivity (Wildman–Crippen MR) is 95.0 cm³/mol. The largest absolute Gasteiger partial charge is 0.326 e. The molecule has 130 valence electrons. The second-order valence-corrected chi connectivity index (χ2v) is 8.38. The summed E-state index contributed by atoms with van der Waals surface area (Å²) in [6.45, 7) is 4.22. The highest BCUT2D eigenvalue weighted by atomic mass is 32.2. The lowest BCUT2D eigenvalue weighted by Gasteiger charge is -2.29. The first-order valence-electron chi connectivity index (χ1n) is 8.87. The van der Waals surface area contributed by atoms with Crippen molar-refractivity contribution in [1.82, 2.24) is 4.72 Å². The molecule has 0 aliphatic heterocycles. The summed E-state index contributed by atoms with van der Waals surface area (Å²) in [5.74, 6) is 0. The van der Waals surface area contributed by atoms with E-state index >= 15 is 0 Å². The van der Waals surface area contributed by atoms with Crippen LogP contribution < -0.4 is 10.5 Å². The summed E-state index contributed by atoms with van der Waals surface area (Å²) in [7, 11) is -3.50. The maximum atomic E-state index is 12.8. The first-order valence-corrected chi connectivity index (χ1v) is 10.3. The molecule has 1 aliphatic carbocycles. The van der Waals surface area contributed by atoms with Gasteiger partial charge in [0.2, 0.25) is 10.0 Å². The Kier molecular flexibility index (Phi) is 6.62. The second kappa shape index (κ2) is 8.27. The molecule has 3 N–H and O–H groups in total. The van der Waals surface area contributed by atoms with Crippen LogP contribution in [-0.2, 0) is 22.9 Å². The summed E-state index contributed by atoms with van der Waals surface area (Å²) < 4.78 is 28.4. The van der Waals surface area contributed by atoms with E-state index in [0.29, 0.717) is 4.90 Å².